The van der Waals surface area contributed by atoms with E-state index in [9.17, 15) is 0 Å². The third-order valence-electron chi connectivity index (χ3n) is 6.54. The fourth-order valence-electron chi connectivity index (χ4n) is 4.41. The summed E-state index contributed by atoms with van der Waals surface area (Å²) in [6.07, 6.45) is 7.16. The monoisotopic (exact) mass is 398 g/mol. The molecule has 1 aliphatic carbocycles. The quantitative estimate of drug-likeness (QED) is 0.751. The summed E-state index contributed by atoms with van der Waals surface area (Å²) in [4.78, 5) is 12.4. The highest BCUT2D eigenvalue weighted by Gasteiger charge is 2.24. The smallest absolute Gasteiger partial charge is 0.162 e. The minimum absolute atomic E-state index is 0.438. The van der Waals surface area contributed by atoms with Gasteiger partial charge in [0.1, 0.15) is 11.6 Å². The van der Waals surface area contributed by atoms with Crippen molar-refractivity contribution in [3.05, 3.63) is 18.0 Å². The Labute approximate surface area is 174 Å². The number of likely N-dealkylation sites (tertiary alicyclic amines) is 1. The minimum atomic E-state index is 0.438. The summed E-state index contributed by atoms with van der Waals surface area (Å²) in [6, 6.07) is 5.04. The van der Waals surface area contributed by atoms with Gasteiger partial charge in [-0.25, -0.2) is 9.97 Å². The van der Waals surface area contributed by atoms with Gasteiger partial charge in [-0.3, -0.25) is 0 Å². The predicted molar refractivity (Wildman–Crippen MR) is 117 cm³/mol. The molecule has 0 amide bonds. The Bertz CT molecular complexity index is 842. The predicted octanol–water partition coefficient (Wildman–Crippen LogP) is 4.27. The van der Waals surface area contributed by atoms with E-state index in [0.717, 1.165) is 60.8 Å². The van der Waals surface area contributed by atoms with Crippen LogP contribution in [0.2, 0.25) is 0 Å². The van der Waals surface area contributed by atoms with Gasteiger partial charge in [-0.1, -0.05) is 19.3 Å². The van der Waals surface area contributed by atoms with Crippen molar-refractivity contribution < 1.29 is 9.47 Å². The van der Waals surface area contributed by atoms with Crippen molar-refractivity contribution in [1.82, 2.24) is 14.9 Å². The average Bonchev–Trinajstić information content (AvgIpc) is 2.70. The van der Waals surface area contributed by atoms with Gasteiger partial charge in [0, 0.05) is 43.0 Å². The molecule has 6 nitrogen and oxygen atoms in total. The molecule has 0 bridgehead atoms. The third kappa shape index (κ3) is 4.42. The third-order valence-corrected chi connectivity index (χ3v) is 6.54. The van der Waals surface area contributed by atoms with E-state index in [4.69, 9.17) is 19.4 Å². The molecule has 2 aliphatic rings. The lowest BCUT2D eigenvalue weighted by Crippen LogP contribution is -2.42. The molecule has 4 rings (SSSR count). The number of fused-ring (bicyclic) bond motifs is 1. The second-order valence-corrected chi connectivity index (χ2v) is 8.76. The maximum atomic E-state index is 5.54. The molecule has 1 aliphatic heterocycles. The molecule has 0 unspecified atom stereocenters. The number of hydrogen-bond donors (Lipinski definition) is 1. The molecule has 2 heterocycles. The molecular formula is C23H34N4O2. The van der Waals surface area contributed by atoms with Gasteiger partial charge in [0.05, 0.1) is 19.7 Å². The Hall–Kier alpha value is -2.08. The van der Waals surface area contributed by atoms with Gasteiger partial charge in [0.15, 0.2) is 11.5 Å². The standard InChI is InChI=1S/C23H34N4O2/c1-15(2)27-10-8-17(9-11-27)24-23-18-13-20(28-3)21(29-4)14-19(18)25-22(26-23)12-16-6-5-7-16/h13-17H,5-12H2,1-4H3,(H,24,25,26). The summed E-state index contributed by atoms with van der Waals surface area (Å²) in [5.74, 6) is 4.04. The molecule has 0 radical (unpaired) electrons. The van der Waals surface area contributed by atoms with E-state index in [1.807, 2.05) is 12.1 Å². The molecule has 1 saturated heterocycles. The lowest BCUT2D eigenvalue weighted by molar-refractivity contribution is 0.177. The fourth-order valence-corrected chi connectivity index (χ4v) is 4.41. The van der Waals surface area contributed by atoms with Crippen molar-refractivity contribution in [1.29, 1.82) is 0 Å². The number of nitrogens with zero attached hydrogens (tertiary/aromatic N) is 3. The summed E-state index contributed by atoms with van der Waals surface area (Å²) < 4.78 is 11.0. The van der Waals surface area contributed by atoms with Crippen molar-refractivity contribution in [2.24, 2.45) is 5.92 Å². The second-order valence-electron chi connectivity index (χ2n) is 8.76. The Kier molecular flexibility index (Phi) is 6.09. The molecule has 1 saturated carbocycles. The molecule has 6 heteroatoms. The van der Waals surface area contributed by atoms with E-state index in [2.05, 4.69) is 24.1 Å². The average molecular weight is 399 g/mol. The normalized spacial score (nSPS) is 18.8. The highest BCUT2D eigenvalue weighted by atomic mass is 16.5. The number of piperidine rings is 1. The molecule has 0 spiro atoms. The van der Waals surface area contributed by atoms with E-state index in [1.54, 1.807) is 14.2 Å². The summed E-state index contributed by atoms with van der Waals surface area (Å²) >= 11 is 0. The van der Waals surface area contributed by atoms with Crippen LogP contribution in [0.4, 0.5) is 5.82 Å². The first-order valence-corrected chi connectivity index (χ1v) is 11.0. The van der Waals surface area contributed by atoms with Crippen LogP contribution in [-0.4, -0.2) is 54.3 Å². The number of rotatable bonds is 7. The van der Waals surface area contributed by atoms with Gasteiger partial charge in [-0.2, -0.15) is 0 Å². The molecule has 29 heavy (non-hydrogen) atoms. The number of ether oxygens (including phenoxy) is 2. The van der Waals surface area contributed by atoms with Crippen molar-refractivity contribution in [3.63, 3.8) is 0 Å². The van der Waals surface area contributed by atoms with E-state index in [1.165, 1.54) is 19.3 Å². The Morgan fingerprint density at radius 2 is 1.72 bits per heavy atom. The van der Waals surface area contributed by atoms with Gasteiger partial charge < -0.3 is 19.7 Å². The van der Waals surface area contributed by atoms with E-state index in [0.29, 0.717) is 23.6 Å². The maximum absolute atomic E-state index is 5.54. The Morgan fingerprint density at radius 1 is 1.03 bits per heavy atom. The summed E-state index contributed by atoms with van der Waals surface area (Å²) in [5.41, 5.74) is 0.925. The largest absolute Gasteiger partial charge is 0.493 e. The van der Waals surface area contributed by atoms with Crippen molar-refractivity contribution >= 4 is 16.7 Å². The zero-order valence-corrected chi connectivity index (χ0v) is 18.2. The van der Waals surface area contributed by atoms with Crippen LogP contribution >= 0.6 is 0 Å². The van der Waals surface area contributed by atoms with Gasteiger partial charge in [0.2, 0.25) is 0 Å². The first kappa shape index (κ1) is 20.2. The van der Waals surface area contributed by atoms with Crippen LogP contribution < -0.4 is 14.8 Å². The molecule has 2 aromatic rings. The lowest BCUT2D eigenvalue weighted by Gasteiger charge is -2.35. The Morgan fingerprint density at radius 3 is 2.31 bits per heavy atom. The van der Waals surface area contributed by atoms with Gasteiger partial charge in [-0.05, 0) is 38.7 Å². The van der Waals surface area contributed by atoms with Crippen LogP contribution in [-0.2, 0) is 6.42 Å². The molecular weight excluding hydrogens is 364 g/mol. The van der Waals surface area contributed by atoms with Crippen LogP contribution in [0, 0.1) is 5.92 Å². The van der Waals surface area contributed by atoms with Crippen molar-refractivity contribution in [3.8, 4) is 11.5 Å². The topological polar surface area (TPSA) is 59.5 Å². The molecule has 1 N–H and O–H groups in total. The van der Waals surface area contributed by atoms with E-state index in [-0.39, 0.29) is 0 Å². The Balaban J connectivity index is 1.64. The highest BCUT2D eigenvalue weighted by molar-refractivity contribution is 5.92. The minimum Gasteiger partial charge on any atom is -0.493 e. The van der Waals surface area contributed by atoms with Gasteiger partial charge in [0.25, 0.3) is 0 Å². The second kappa shape index (κ2) is 8.74. The van der Waals surface area contributed by atoms with Crippen molar-refractivity contribution in [2.75, 3.05) is 32.6 Å². The first-order valence-electron chi connectivity index (χ1n) is 11.0. The molecule has 1 aromatic carbocycles. The van der Waals surface area contributed by atoms with Crippen LogP contribution in [0.25, 0.3) is 10.9 Å². The highest BCUT2D eigenvalue weighted by Crippen LogP contribution is 2.36. The lowest BCUT2D eigenvalue weighted by atomic mass is 9.83. The summed E-state index contributed by atoms with van der Waals surface area (Å²) in [5, 5.41) is 4.75. The molecule has 0 atom stereocenters. The first-order chi connectivity index (χ1) is 14.1. The van der Waals surface area contributed by atoms with Gasteiger partial charge in [-0.15, -0.1) is 0 Å². The fraction of sp³-hybridized carbons (Fsp3) is 0.652. The molecule has 1 aromatic heterocycles. The number of nitrogens with one attached hydrogen (secondary N) is 1. The number of methoxy groups -OCH3 is 2. The SMILES string of the molecule is COc1cc2nc(CC3CCC3)nc(NC3CCN(C(C)C)CC3)c2cc1OC. The van der Waals surface area contributed by atoms with E-state index >= 15 is 0 Å². The molecule has 158 valence electrons. The van der Waals surface area contributed by atoms with Crippen LogP contribution in [0.1, 0.15) is 51.8 Å². The van der Waals surface area contributed by atoms with Crippen LogP contribution in [0.5, 0.6) is 11.5 Å². The van der Waals surface area contributed by atoms with Gasteiger partial charge >= 0.3 is 0 Å². The summed E-state index contributed by atoms with van der Waals surface area (Å²) in [7, 11) is 3.34. The zero-order valence-electron chi connectivity index (χ0n) is 18.2. The van der Waals surface area contributed by atoms with E-state index < -0.39 is 0 Å². The zero-order chi connectivity index (χ0) is 20.4. The summed E-state index contributed by atoms with van der Waals surface area (Å²) in [6.45, 7) is 6.81. The number of aromatic nitrogens is 2. The van der Waals surface area contributed by atoms with Crippen LogP contribution in [0.15, 0.2) is 12.1 Å². The maximum Gasteiger partial charge on any atom is 0.162 e. The number of anilines is 1. The van der Waals surface area contributed by atoms with Crippen LogP contribution in [0.3, 0.4) is 0 Å². The number of benzene rings is 1. The molecule has 2 fully saturated rings. The number of hydrogen-bond acceptors (Lipinski definition) is 6. The van der Waals surface area contributed by atoms with Crippen molar-refractivity contribution in [2.45, 2.75) is 64.5 Å².